The lowest BCUT2D eigenvalue weighted by molar-refractivity contribution is -0.145. The smallest absolute Gasteiger partial charge is 0.346 e. The summed E-state index contributed by atoms with van der Waals surface area (Å²) in [4.78, 5) is 37.4. The summed E-state index contributed by atoms with van der Waals surface area (Å²) in [7, 11) is 0. The molecule has 0 radical (unpaired) electrons. The number of fused-ring (bicyclic) bond motifs is 1. The minimum atomic E-state index is -1.17. The van der Waals surface area contributed by atoms with Crippen molar-refractivity contribution in [3.05, 3.63) is 78.1 Å². The minimum Gasteiger partial charge on any atom is -0.494 e. The fourth-order valence-corrected chi connectivity index (χ4v) is 4.27. The number of halogens is 1. The van der Waals surface area contributed by atoms with Gasteiger partial charge in [-0.1, -0.05) is 18.2 Å². The maximum atomic E-state index is 13.6. The first-order chi connectivity index (χ1) is 19.8. The topological polar surface area (TPSA) is 135 Å². The van der Waals surface area contributed by atoms with Crippen molar-refractivity contribution in [2.24, 2.45) is 0 Å². The van der Waals surface area contributed by atoms with Crippen LogP contribution in [0.4, 0.5) is 15.8 Å². The largest absolute Gasteiger partial charge is 0.494 e. The number of carbonyl (C=O) groups excluding carboxylic acids is 1. The molecule has 1 amide bonds. The van der Waals surface area contributed by atoms with Gasteiger partial charge in [-0.3, -0.25) is 9.59 Å². The second-order valence-corrected chi connectivity index (χ2v) is 9.35. The molecule has 1 aliphatic rings. The van der Waals surface area contributed by atoms with Crippen molar-refractivity contribution in [1.82, 2.24) is 0 Å². The Labute approximate surface area is 236 Å². The van der Waals surface area contributed by atoms with E-state index in [0.29, 0.717) is 61.7 Å². The quantitative estimate of drug-likeness (QED) is 0.235. The minimum absolute atomic E-state index is 0.0511. The van der Waals surface area contributed by atoms with E-state index < -0.39 is 29.8 Å². The molecule has 3 aromatic rings. The molecule has 3 N–H and O–H groups in total. The van der Waals surface area contributed by atoms with E-state index in [2.05, 4.69) is 5.32 Å². The summed E-state index contributed by atoms with van der Waals surface area (Å²) >= 11 is 0. The van der Waals surface area contributed by atoms with Gasteiger partial charge >= 0.3 is 11.9 Å². The number of hydrogen-bond acceptors (Lipinski definition) is 7. The molecule has 0 saturated heterocycles. The number of carbonyl (C=O) groups is 3. The van der Waals surface area contributed by atoms with Gasteiger partial charge < -0.3 is 34.6 Å². The van der Waals surface area contributed by atoms with Gasteiger partial charge in [0.05, 0.1) is 31.1 Å². The van der Waals surface area contributed by atoms with Crippen molar-refractivity contribution in [1.29, 1.82) is 0 Å². The van der Waals surface area contributed by atoms with Gasteiger partial charge in [0.25, 0.3) is 5.91 Å². The molecule has 1 heterocycles. The first kappa shape index (κ1) is 29.2. The van der Waals surface area contributed by atoms with Gasteiger partial charge in [-0.2, -0.15) is 0 Å². The van der Waals surface area contributed by atoms with Crippen LogP contribution in [-0.4, -0.2) is 60.5 Å². The van der Waals surface area contributed by atoms with Crippen molar-refractivity contribution < 1.29 is 43.2 Å². The van der Waals surface area contributed by atoms with Gasteiger partial charge in [0.1, 0.15) is 5.75 Å². The second-order valence-electron chi connectivity index (χ2n) is 9.35. The maximum absolute atomic E-state index is 13.6. The van der Waals surface area contributed by atoms with Crippen LogP contribution in [0.3, 0.4) is 0 Å². The third-order valence-electron chi connectivity index (χ3n) is 6.34. The van der Waals surface area contributed by atoms with Crippen LogP contribution in [0.5, 0.6) is 17.2 Å². The van der Waals surface area contributed by atoms with Gasteiger partial charge in [0, 0.05) is 18.5 Å². The number of unbranched alkanes of at least 4 members (excludes halogenated alkanes) is 1. The average Bonchev–Trinajstić information content (AvgIpc) is 2.96. The van der Waals surface area contributed by atoms with E-state index in [0.717, 1.165) is 0 Å². The Hall–Kier alpha value is -4.80. The molecule has 0 fully saturated rings. The lowest BCUT2D eigenvalue weighted by Crippen LogP contribution is -2.45. The summed E-state index contributed by atoms with van der Waals surface area (Å²) in [5, 5.41) is 21.3. The number of benzene rings is 3. The first-order valence-electron chi connectivity index (χ1n) is 13.2. The van der Waals surface area contributed by atoms with Gasteiger partial charge in [-0.15, -0.1) is 0 Å². The maximum Gasteiger partial charge on any atom is 0.346 e. The standard InChI is InChI=1S/C30H31FN2O8/c31-22-7-1-2-10-25(22)40-18-4-3-17-39-21-14-12-20(13-15-21)29(36)32-23-8-5-9-24-28(23)41-26(30(37)38)19-33(24)16-6-11-27(34)35/h1-2,5,7-10,12-15,26H,3-4,6,11,16-19H2,(H,32,36)(H,34,35)(H,37,38). The highest BCUT2D eigenvalue weighted by atomic mass is 19.1. The third kappa shape index (κ3) is 8.10. The van der Waals surface area contributed by atoms with Crippen LogP contribution in [-0.2, 0) is 9.59 Å². The second kappa shape index (κ2) is 14.0. The molecule has 0 spiro atoms. The number of para-hydroxylation sites is 2. The van der Waals surface area contributed by atoms with Crippen LogP contribution < -0.4 is 24.4 Å². The van der Waals surface area contributed by atoms with E-state index in [1.54, 1.807) is 65.6 Å². The number of aliphatic carboxylic acids is 2. The third-order valence-corrected chi connectivity index (χ3v) is 6.34. The Morgan fingerprint density at radius 3 is 2.37 bits per heavy atom. The zero-order valence-electron chi connectivity index (χ0n) is 22.3. The summed E-state index contributed by atoms with van der Waals surface area (Å²) in [5.74, 6) is -1.89. The number of nitrogens with zero attached hydrogens (tertiary/aromatic N) is 1. The van der Waals surface area contributed by atoms with E-state index in [9.17, 15) is 23.9 Å². The number of hydrogen-bond donors (Lipinski definition) is 3. The molecular weight excluding hydrogens is 535 g/mol. The molecule has 0 aliphatic carbocycles. The van der Waals surface area contributed by atoms with E-state index in [4.69, 9.17) is 19.3 Å². The molecule has 4 rings (SSSR count). The monoisotopic (exact) mass is 566 g/mol. The van der Waals surface area contributed by atoms with Gasteiger partial charge in [-0.25, -0.2) is 9.18 Å². The summed E-state index contributed by atoms with van der Waals surface area (Å²) in [6.07, 6.45) is 0.476. The van der Waals surface area contributed by atoms with Gasteiger partial charge in [0.2, 0.25) is 6.10 Å². The molecule has 216 valence electrons. The van der Waals surface area contributed by atoms with Crippen molar-refractivity contribution in [2.45, 2.75) is 31.8 Å². The summed E-state index contributed by atoms with van der Waals surface area (Å²) in [6.45, 7) is 1.17. The van der Waals surface area contributed by atoms with Crippen LogP contribution in [0, 0.1) is 5.82 Å². The number of ether oxygens (including phenoxy) is 3. The molecule has 3 aromatic carbocycles. The number of rotatable bonds is 14. The van der Waals surface area contributed by atoms with Crippen molar-refractivity contribution in [3.8, 4) is 17.2 Å². The fourth-order valence-electron chi connectivity index (χ4n) is 4.27. The average molecular weight is 567 g/mol. The Bertz CT molecular complexity index is 1360. The number of amides is 1. The fraction of sp³-hybridized carbons (Fsp3) is 0.300. The molecule has 11 heteroatoms. The highest BCUT2D eigenvalue weighted by molar-refractivity contribution is 6.05. The first-order valence-corrected chi connectivity index (χ1v) is 13.2. The van der Waals surface area contributed by atoms with E-state index >= 15 is 0 Å². The van der Waals surface area contributed by atoms with E-state index in [1.807, 2.05) is 0 Å². The predicted molar refractivity (Wildman–Crippen MR) is 149 cm³/mol. The zero-order chi connectivity index (χ0) is 29.2. The summed E-state index contributed by atoms with van der Waals surface area (Å²) in [5.41, 5.74) is 1.24. The van der Waals surface area contributed by atoms with E-state index in [-0.39, 0.29) is 24.5 Å². The molecule has 0 saturated carbocycles. The van der Waals surface area contributed by atoms with Crippen molar-refractivity contribution in [3.63, 3.8) is 0 Å². The predicted octanol–water partition coefficient (Wildman–Crippen LogP) is 4.83. The molecule has 10 nitrogen and oxygen atoms in total. The molecule has 0 aromatic heterocycles. The lowest BCUT2D eigenvalue weighted by Gasteiger charge is -2.35. The molecule has 1 unspecified atom stereocenters. The van der Waals surface area contributed by atoms with Crippen molar-refractivity contribution in [2.75, 3.05) is 36.5 Å². The Morgan fingerprint density at radius 2 is 1.66 bits per heavy atom. The number of anilines is 2. The van der Waals surface area contributed by atoms with Gasteiger partial charge in [-0.05, 0) is 67.8 Å². The molecule has 0 bridgehead atoms. The van der Waals surface area contributed by atoms with Crippen LogP contribution in [0.25, 0.3) is 0 Å². The number of carboxylic acid groups (broad SMARTS) is 2. The molecule has 1 aliphatic heterocycles. The van der Waals surface area contributed by atoms with Crippen LogP contribution in [0.2, 0.25) is 0 Å². The molecular formula is C30H31FN2O8. The normalized spacial score (nSPS) is 14.0. The summed E-state index contributed by atoms with van der Waals surface area (Å²) in [6, 6.07) is 17.9. The van der Waals surface area contributed by atoms with Crippen molar-refractivity contribution >= 4 is 29.2 Å². The highest BCUT2D eigenvalue weighted by Gasteiger charge is 2.32. The molecule has 1 atom stereocenters. The van der Waals surface area contributed by atoms with Crippen LogP contribution in [0.1, 0.15) is 36.0 Å². The Kier molecular flexibility index (Phi) is 9.98. The Morgan fingerprint density at radius 1 is 0.927 bits per heavy atom. The van der Waals surface area contributed by atoms with Crippen LogP contribution in [0.15, 0.2) is 66.7 Å². The number of nitrogens with one attached hydrogen (secondary N) is 1. The molecule has 41 heavy (non-hydrogen) atoms. The van der Waals surface area contributed by atoms with E-state index in [1.165, 1.54) is 6.07 Å². The number of carboxylic acids is 2. The van der Waals surface area contributed by atoms with Crippen LogP contribution >= 0.6 is 0 Å². The Balaban J connectivity index is 1.31. The van der Waals surface area contributed by atoms with Gasteiger partial charge in [0.15, 0.2) is 17.3 Å². The summed E-state index contributed by atoms with van der Waals surface area (Å²) < 4.78 is 30.4. The zero-order valence-corrected chi connectivity index (χ0v) is 22.3. The highest BCUT2D eigenvalue weighted by Crippen LogP contribution is 2.40. The lowest BCUT2D eigenvalue weighted by atomic mass is 10.1. The SMILES string of the molecule is O=C(O)CCCN1CC(C(=O)O)Oc2c(NC(=O)c3ccc(OCCCCOc4ccccc4F)cc3)cccc21.